The van der Waals surface area contributed by atoms with Crippen LogP contribution in [0.5, 0.6) is 0 Å². The Hall–Kier alpha value is -2.40. The Morgan fingerprint density at radius 1 is 1.33 bits per heavy atom. The van der Waals surface area contributed by atoms with Crippen molar-refractivity contribution in [3.05, 3.63) is 57.9 Å². The van der Waals surface area contributed by atoms with Crippen molar-refractivity contribution in [1.29, 1.82) is 0 Å². The summed E-state index contributed by atoms with van der Waals surface area (Å²) in [7, 11) is 0. The van der Waals surface area contributed by atoms with Crippen LogP contribution in [0.4, 0.5) is 0 Å². The average molecular weight is 297 g/mol. The first-order valence-electron chi connectivity index (χ1n) is 6.49. The van der Waals surface area contributed by atoms with Gasteiger partial charge in [0.05, 0.1) is 17.4 Å². The Balaban J connectivity index is 2.07. The summed E-state index contributed by atoms with van der Waals surface area (Å²) in [5.74, 6) is -1.22. The van der Waals surface area contributed by atoms with Crippen LogP contribution in [-0.4, -0.2) is 15.4 Å². The molecular formula is C16H13N2O2S-. The Bertz CT molecular complexity index is 858. The molecule has 21 heavy (non-hydrogen) atoms. The van der Waals surface area contributed by atoms with Gasteiger partial charge in [0.25, 0.3) is 0 Å². The van der Waals surface area contributed by atoms with Crippen molar-refractivity contribution in [2.75, 3.05) is 0 Å². The highest BCUT2D eigenvalue weighted by Crippen LogP contribution is 2.20. The van der Waals surface area contributed by atoms with Crippen LogP contribution in [0.2, 0.25) is 0 Å². The summed E-state index contributed by atoms with van der Waals surface area (Å²) in [4.78, 5) is 16.3. The smallest absolute Gasteiger partial charge is 0.194 e. The molecule has 0 radical (unpaired) electrons. The Morgan fingerprint density at radius 3 is 2.90 bits per heavy atom. The molecule has 0 saturated heterocycles. The number of nitrogens with zero attached hydrogens (tertiary/aromatic N) is 2. The summed E-state index contributed by atoms with van der Waals surface area (Å²) in [6.45, 7) is 4.09. The molecule has 3 aromatic rings. The molecule has 0 fully saturated rings. The zero-order valence-electron chi connectivity index (χ0n) is 11.7. The second kappa shape index (κ2) is 5.18. The second-order valence-electron chi connectivity index (χ2n) is 4.81. The van der Waals surface area contributed by atoms with Crippen molar-refractivity contribution in [2.24, 2.45) is 0 Å². The number of aryl methyl sites for hydroxylation is 1. The molecule has 0 atom stereocenters. The van der Waals surface area contributed by atoms with Crippen molar-refractivity contribution in [2.45, 2.75) is 13.8 Å². The predicted molar refractivity (Wildman–Crippen MR) is 82.2 cm³/mol. The van der Waals surface area contributed by atoms with Crippen molar-refractivity contribution in [3.8, 4) is 0 Å². The van der Waals surface area contributed by atoms with Gasteiger partial charge in [-0.05, 0) is 36.6 Å². The first kappa shape index (κ1) is 13.6. The monoisotopic (exact) mass is 297 g/mol. The summed E-state index contributed by atoms with van der Waals surface area (Å²) >= 11 is 1.39. The average Bonchev–Trinajstić information content (AvgIpc) is 3.00. The second-order valence-corrected chi connectivity index (χ2v) is 5.68. The van der Waals surface area contributed by atoms with Crippen LogP contribution in [0.15, 0.2) is 29.8 Å². The minimum atomic E-state index is -1.22. The van der Waals surface area contributed by atoms with E-state index in [1.165, 1.54) is 22.5 Å². The van der Waals surface area contributed by atoms with E-state index < -0.39 is 5.97 Å². The number of benzene rings is 1. The Kier molecular flexibility index (Phi) is 3.35. The lowest BCUT2D eigenvalue weighted by molar-refractivity contribution is -0.255. The van der Waals surface area contributed by atoms with Gasteiger partial charge in [-0.1, -0.05) is 24.3 Å². The van der Waals surface area contributed by atoms with E-state index in [4.69, 9.17) is 0 Å². The van der Waals surface area contributed by atoms with Gasteiger partial charge in [0.1, 0.15) is 0 Å². The van der Waals surface area contributed by atoms with E-state index >= 15 is 0 Å². The highest BCUT2D eigenvalue weighted by Gasteiger charge is 2.11. The van der Waals surface area contributed by atoms with Crippen LogP contribution in [0.3, 0.4) is 0 Å². The molecule has 1 aromatic carbocycles. The van der Waals surface area contributed by atoms with E-state index in [1.54, 1.807) is 22.1 Å². The summed E-state index contributed by atoms with van der Waals surface area (Å²) in [6.07, 6.45) is 5.31. The van der Waals surface area contributed by atoms with Gasteiger partial charge in [-0.15, -0.1) is 11.3 Å². The quantitative estimate of drug-likeness (QED) is 0.746. The SMILES string of the molecule is Cc1cccc(/C=C/c2nc3sccn3c2C(=O)[O-])c1C. The summed E-state index contributed by atoms with van der Waals surface area (Å²) < 4.78 is 1.54. The molecule has 0 amide bonds. The number of fused-ring (bicyclic) bond motifs is 1. The number of imidazole rings is 1. The number of aromatic nitrogens is 2. The molecule has 0 spiro atoms. The number of aromatic carboxylic acids is 1. The molecule has 2 heterocycles. The van der Waals surface area contributed by atoms with E-state index in [0.717, 1.165) is 5.56 Å². The fraction of sp³-hybridized carbons (Fsp3) is 0.125. The van der Waals surface area contributed by atoms with Gasteiger partial charge in [0.15, 0.2) is 4.96 Å². The molecule has 5 heteroatoms. The highest BCUT2D eigenvalue weighted by molar-refractivity contribution is 7.15. The summed E-state index contributed by atoms with van der Waals surface area (Å²) in [6, 6.07) is 6.02. The number of hydrogen-bond donors (Lipinski definition) is 0. The van der Waals surface area contributed by atoms with Crippen molar-refractivity contribution < 1.29 is 9.90 Å². The molecular weight excluding hydrogens is 284 g/mol. The maximum atomic E-state index is 11.3. The Labute approximate surface area is 126 Å². The molecule has 0 saturated carbocycles. The maximum Gasteiger partial charge on any atom is 0.194 e. The minimum absolute atomic E-state index is 0.0906. The van der Waals surface area contributed by atoms with Gasteiger partial charge < -0.3 is 9.90 Å². The number of thiazole rings is 1. The largest absolute Gasteiger partial charge is 0.543 e. The van der Waals surface area contributed by atoms with Crippen LogP contribution < -0.4 is 5.11 Å². The number of carbonyl (C=O) groups is 1. The lowest BCUT2D eigenvalue weighted by atomic mass is 10.0. The number of hydrogen-bond acceptors (Lipinski definition) is 4. The third-order valence-electron chi connectivity index (χ3n) is 3.55. The number of carboxylic acids is 1. The van der Waals surface area contributed by atoms with Crippen molar-refractivity contribution >= 4 is 34.4 Å². The van der Waals surface area contributed by atoms with Crippen molar-refractivity contribution in [1.82, 2.24) is 9.38 Å². The molecule has 4 nitrogen and oxygen atoms in total. The summed E-state index contributed by atoms with van der Waals surface area (Å²) in [5, 5.41) is 13.1. The van der Waals surface area contributed by atoms with Gasteiger partial charge in [-0.3, -0.25) is 4.40 Å². The van der Waals surface area contributed by atoms with E-state index in [2.05, 4.69) is 4.98 Å². The fourth-order valence-corrected chi connectivity index (χ4v) is 2.97. The topological polar surface area (TPSA) is 57.4 Å². The van der Waals surface area contributed by atoms with Crippen LogP contribution in [0, 0.1) is 13.8 Å². The zero-order valence-corrected chi connectivity index (χ0v) is 12.5. The highest BCUT2D eigenvalue weighted by atomic mass is 32.1. The number of carbonyl (C=O) groups excluding carboxylic acids is 1. The van der Waals surface area contributed by atoms with Crippen molar-refractivity contribution in [3.63, 3.8) is 0 Å². The summed E-state index contributed by atoms with van der Waals surface area (Å²) in [5.41, 5.74) is 3.93. The van der Waals surface area contributed by atoms with Gasteiger partial charge in [0.2, 0.25) is 0 Å². The van der Waals surface area contributed by atoms with E-state index in [1.807, 2.05) is 38.1 Å². The Morgan fingerprint density at radius 2 is 2.14 bits per heavy atom. The standard InChI is InChI=1S/C16H14N2O2S/c1-10-4-3-5-12(11(10)2)6-7-13-14(15(19)20)18-8-9-21-16(18)17-13/h3-9H,1-2H3,(H,19,20)/p-1/b7-6+. The zero-order chi connectivity index (χ0) is 15.0. The van der Waals surface area contributed by atoms with E-state index in [0.29, 0.717) is 10.7 Å². The minimum Gasteiger partial charge on any atom is -0.543 e. The fourth-order valence-electron chi connectivity index (χ4n) is 2.24. The molecule has 3 rings (SSSR count). The van der Waals surface area contributed by atoms with Crippen LogP contribution in [-0.2, 0) is 0 Å². The molecule has 2 aromatic heterocycles. The third-order valence-corrected chi connectivity index (χ3v) is 4.31. The normalized spacial score (nSPS) is 11.5. The maximum absolute atomic E-state index is 11.3. The number of carboxylic acid groups (broad SMARTS) is 1. The first-order chi connectivity index (χ1) is 10.1. The molecule has 0 unspecified atom stereocenters. The van der Waals surface area contributed by atoms with Crippen LogP contribution in [0.1, 0.15) is 32.9 Å². The van der Waals surface area contributed by atoms with Gasteiger partial charge in [-0.25, -0.2) is 4.98 Å². The van der Waals surface area contributed by atoms with Gasteiger partial charge >= 0.3 is 0 Å². The molecule has 0 aliphatic rings. The molecule has 0 bridgehead atoms. The van der Waals surface area contributed by atoms with E-state index in [-0.39, 0.29) is 5.69 Å². The first-order valence-corrected chi connectivity index (χ1v) is 7.37. The molecule has 106 valence electrons. The number of rotatable bonds is 3. The molecule has 0 aliphatic carbocycles. The lowest BCUT2D eigenvalue weighted by Gasteiger charge is -2.04. The van der Waals surface area contributed by atoms with Crippen LogP contribution in [0.25, 0.3) is 17.1 Å². The predicted octanol–water partition coefficient (Wildman–Crippen LogP) is 2.55. The molecule has 0 aliphatic heterocycles. The van der Waals surface area contributed by atoms with Gasteiger partial charge in [-0.2, -0.15) is 0 Å². The molecule has 0 N–H and O–H groups in total. The third kappa shape index (κ3) is 2.36. The van der Waals surface area contributed by atoms with E-state index in [9.17, 15) is 9.90 Å². The lowest BCUT2D eigenvalue weighted by Crippen LogP contribution is -2.24. The van der Waals surface area contributed by atoms with Gasteiger partial charge in [0, 0.05) is 11.6 Å². The van der Waals surface area contributed by atoms with Crippen LogP contribution >= 0.6 is 11.3 Å².